The summed E-state index contributed by atoms with van der Waals surface area (Å²) in [4.78, 5) is 12.5. The summed E-state index contributed by atoms with van der Waals surface area (Å²) < 4.78 is 0.528. The van der Waals surface area contributed by atoms with E-state index in [1.165, 1.54) is 11.8 Å². The van der Waals surface area contributed by atoms with Gasteiger partial charge < -0.3 is 17.8 Å². The fourth-order valence-electron chi connectivity index (χ4n) is 0.785. The van der Waals surface area contributed by atoms with E-state index in [1.807, 2.05) is 31.4 Å². The van der Waals surface area contributed by atoms with Gasteiger partial charge in [-0.15, -0.1) is 21.9 Å². The maximum atomic E-state index is 8.36. The third-order valence-electron chi connectivity index (χ3n) is 1.49. The topological polar surface area (TPSA) is 101 Å². The fraction of sp³-hybridized carbons (Fsp3) is 0.222. The van der Waals surface area contributed by atoms with Crippen molar-refractivity contribution in [2.45, 2.75) is 6.92 Å². The molecule has 1 N–H and O–H groups in total. The normalized spacial score (nSPS) is 10.8. The van der Waals surface area contributed by atoms with Gasteiger partial charge in [-0.25, -0.2) is 0 Å². The Morgan fingerprint density at radius 2 is 2.11 bits per heavy atom. The van der Waals surface area contributed by atoms with Crippen molar-refractivity contribution < 1.29 is 27.4 Å². The molecule has 0 amide bonds. The van der Waals surface area contributed by atoms with Crippen molar-refractivity contribution >= 4 is 34.5 Å². The van der Waals surface area contributed by atoms with Gasteiger partial charge in [0.05, 0.1) is 11.4 Å². The van der Waals surface area contributed by atoms with Crippen LogP contribution in [0.3, 0.4) is 0 Å². The van der Waals surface area contributed by atoms with E-state index in [9.17, 15) is 0 Å². The molecule has 0 radical (unpaired) electrons. The number of aromatic nitrogens is 1. The Labute approximate surface area is 130 Å². The molecule has 0 aliphatic heterocycles. The van der Waals surface area contributed by atoms with Crippen molar-refractivity contribution in [1.82, 2.24) is 4.98 Å². The number of nitrogens with zero attached hydrogens (tertiary/aromatic N) is 4. The number of thioether (sulfide) groups is 1. The van der Waals surface area contributed by atoms with E-state index < -0.39 is 5.09 Å². The summed E-state index contributed by atoms with van der Waals surface area (Å²) in [7, 11) is 0. The zero-order chi connectivity index (χ0) is 14.0. The molecule has 0 saturated carbocycles. The van der Waals surface area contributed by atoms with Crippen LogP contribution in [0.25, 0.3) is 0 Å². The average molecular weight is 351 g/mol. The second kappa shape index (κ2) is 11.8. The predicted molar refractivity (Wildman–Crippen MR) is 73.5 cm³/mol. The van der Waals surface area contributed by atoms with Gasteiger partial charge in [-0.3, -0.25) is 4.98 Å². The summed E-state index contributed by atoms with van der Waals surface area (Å²) in [5.74, 6) is 0. The first-order chi connectivity index (χ1) is 8.47. The van der Waals surface area contributed by atoms with Gasteiger partial charge in [0.25, 0.3) is 5.09 Å². The minimum absolute atomic E-state index is 0. The van der Waals surface area contributed by atoms with Crippen molar-refractivity contribution in [2.75, 3.05) is 6.26 Å². The van der Waals surface area contributed by atoms with Gasteiger partial charge in [-0.05, 0) is 29.7 Å². The molecule has 1 aromatic heterocycles. The smallest absolute Gasteiger partial charge is 0.752 e. The standard InChI is InChI=1S/C9H11N3S2.Cu.HNO3/c1-7(11-12-9(13)14-2)8-5-3-4-6-10-8;;2-1(3)4/h3-6H,1-2H3,(H,12,13);;(H,2,3,4)/q;+1;/p-1/b11-7+;;. The summed E-state index contributed by atoms with van der Waals surface area (Å²) >= 11 is 6.29. The van der Waals surface area contributed by atoms with E-state index >= 15 is 0 Å². The van der Waals surface area contributed by atoms with Crippen LogP contribution < -0.4 is 0 Å². The van der Waals surface area contributed by atoms with E-state index in [-0.39, 0.29) is 17.1 Å². The third-order valence-corrected chi connectivity index (χ3v) is 2.50. The molecule has 7 nitrogen and oxygen atoms in total. The van der Waals surface area contributed by atoms with Crippen LogP contribution in [0.5, 0.6) is 0 Å². The summed E-state index contributed by atoms with van der Waals surface area (Å²) in [6.45, 7) is 1.86. The monoisotopic (exact) mass is 350 g/mol. The van der Waals surface area contributed by atoms with Gasteiger partial charge in [0, 0.05) is 6.20 Å². The molecule has 1 aromatic rings. The van der Waals surface area contributed by atoms with E-state index in [4.69, 9.17) is 28.0 Å². The van der Waals surface area contributed by atoms with Crippen LogP contribution in [-0.4, -0.2) is 31.6 Å². The van der Waals surface area contributed by atoms with Crippen molar-refractivity contribution in [3.05, 3.63) is 40.2 Å². The molecule has 0 aromatic carbocycles. The van der Waals surface area contributed by atoms with Crippen LogP contribution in [0.4, 0.5) is 0 Å². The Balaban J connectivity index is 0. The molecule has 0 aliphatic carbocycles. The van der Waals surface area contributed by atoms with Crippen LogP contribution in [0.1, 0.15) is 12.6 Å². The summed E-state index contributed by atoms with van der Waals surface area (Å²) in [5.41, 5.74) is 1.59. The van der Waals surface area contributed by atoms with E-state index in [1.54, 1.807) is 6.20 Å². The van der Waals surface area contributed by atoms with Crippen LogP contribution in [0, 0.1) is 10.1 Å². The minimum atomic E-state index is -1.50. The van der Waals surface area contributed by atoms with Crippen LogP contribution in [-0.2, 0) is 29.7 Å². The van der Waals surface area contributed by atoms with Gasteiger partial charge in [0.15, 0.2) is 0 Å². The largest absolute Gasteiger partial charge is 1.00 e. The van der Waals surface area contributed by atoms with Gasteiger partial charge in [-0.2, -0.15) is 10.2 Å². The van der Waals surface area contributed by atoms with Gasteiger partial charge >= 0.3 is 17.1 Å². The van der Waals surface area contributed by atoms with Crippen molar-refractivity contribution in [3.63, 3.8) is 0 Å². The number of rotatable bonds is 2. The molecule has 0 atom stereocenters. The SMILES string of the molecule is CS/C([S-])=N/N=C(\C)c1ccccn1.O=[N+]([O-])O.[Cu+]. The summed E-state index contributed by atoms with van der Waals surface area (Å²) in [6, 6.07) is 5.66. The maximum absolute atomic E-state index is 8.36. The Hall–Kier alpha value is -1.22. The molecule has 0 aliphatic rings. The van der Waals surface area contributed by atoms with Crippen LogP contribution in [0.2, 0.25) is 0 Å². The first-order valence-electron chi connectivity index (χ1n) is 4.55. The van der Waals surface area contributed by atoms with E-state index in [0.29, 0.717) is 4.38 Å². The Morgan fingerprint density at radius 3 is 2.53 bits per heavy atom. The quantitative estimate of drug-likeness (QED) is 0.218. The second-order valence-corrected chi connectivity index (χ2v) is 4.15. The molecule has 0 unspecified atom stereocenters. The third kappa shape index (κ3) is 11.6. The minimum Gasteiger partial charge on any atom is -0.752 e. The number of hydrogen-bond acceptors (Lipinski definition) is 7. The van der Waals surface area contributed by atoms with Crippen molar-refractivity contribution in [3.8, 4) is 0 Å². The number of hydrogen-bond donors (Lipinski definition) is 1. The zero-order valence-electron chi connectivity index (χ0n) is 9.98. The Bertz CT molecular complexity index is 438. The number of pyridine rings is 1. The summed E-state index contributed by atoms with van der Waals surface area (Å²) in [5, 5.41) is 21.5. The molecule has 10 heteroatoms. The van der Waals surface area contributed by atoms with Gasteiger partial charge in [0.2, 0.25) is 0 Å². The molecule has 108 valence electrons. The second-order valence-electron chi connectivity index (χ2n) is 2.71. The molecule has 0 fully saturated rings. The Morgan fingerprint density at radius 1 is 1.53 bits per heavy atom. The zero-order valence-corrected chi connectivity index (χ0v) is 12.6. The molecule has 19 heavy (non-hydrogen) atoms. The fourth-order valence-corrected chi connectivity index (χ4v) is 0.948. The summed E-state index contributed by atoms with van der Waals surface area (Å²) in [6.07, 6.45) is 3.60. The molecule has 0 bridgehead atoms. The van der Waals surface area contributed by atoms with Gasteiger partial charge in [-0.1, -0.05) is 6.07 Å². The molecule has 1 heterocycles. The average Bonchev–Trinajstić information content (AvgIpc) is 2.35. The van der Waals surface area contributed by atoms with Crippen LogP contribution in [0.15, 0.2) is 34.6 Å². The van der Waals surface area contributed by atoms with Crippen LogP contribution >= 0.6 is 11.8 Å². The predicted octanol–water partition coefficient (Wildman–Crippen LogP) is 1.72. The first kappa shape index (κ1) is 20.1. The Kier molecular flexibility index (Phi) is 12.5. The van der Waals surface area contributed by atoms with Crippen molar-refractivity contribution in [2.24, 2.45) is 10.2 Å². The molecule has 0 saturated heterocycles. The maximum Gasteiger partial charge on any atom is 1.00 e. The molecule has 1 rings (SSSR count). The van der Waals surface area contributed by atoms with Gasteiger partial charge in [0.1, 0.15) is 0 Å². The van der Waals surface area contributed by atoms with Crippen molar-refractivity contribution in [1.29, 1.82) is 0 Å². The van der Waals surface area contributed by atoms with E-state index in [2.05, 4.69) is 15.2 Å². The van der Waals surface area contributed by atoms with E-state index in [0.717, 1.165) is 11.4 Å². The molecular formula is C9H11CuN4O3S2. The first-order valence-corrected chi connectivity index (χ1v) is 6.18. The molecular weight excluding hydrogens is 340 g/mol. The molecule has 0 spiro atoms.